The van der Waals surface area contributed by atoms with E-state index in [1.54, 1.807) is 24.3 Å². The molecule has 0 aliphatic carbocycles. The van der Waals surface area contributed by atoms with Crippen molar-refractivity contribution in [2.75, 3.05) is 5.32 Å². The molecule has 0 unspecified atom stereocenters. The average Bonchev–Trinajstić information content (AvgIpc) is 2.55. The number of hydrogen-bond acceptors (Lipinski definition) is 3. The lowest BCUT2D eigenvalue weighted by molar-refractivity contribution is 0.209. The Hall–Kier alpha value is -3.55. The molecule has 0 atom stereocenters. The van der Waals surface area contributed by atoms with Crippen molar-refractivity contribution in [2.45, 2.75) is 6.42 Å². The summed E-state index contributed by atoms with van der Waals surface area (Å²) in [4.78, 5) is 22.8. The van der Waals surface area contributed by atoms with Crippen LogP contribution >= 0.6 is 0 Å². The monoisotopic (exact) mass is 357 g/mol. The molecule has 0 spiro atoms. The Morgan fingerprint density at radius 1 is 1.12 bits per heavy atom. The van der Waals surface area contributed by atoms with Gasteiger partial charge in [-0.3, -0.25) is 10.1 Å². The SMILES string of the molecule is O=C(O)Nc1cccc(Cc2nn(-c3cc(F)cc(F)c3)ccc2=O)c1. The molecule has 8 heteroatoms. The van der Waals surface area contributed by atoms with Gasteiger partial charge in [-0.2, -0.15) is 5.10 Å². The van der Waals surface area contributed by atoms with Crippen LogP contribution in [0.4, 0.5) is 19.3 Å². The van der Waals surface area contributed by atoms with Crippen LogP contribution in [0.15, 0.2) is 59.5 Å². The Balaban J connectivity index is 1.94. The van der Waals surface area contributed by atoms with Crippen LogP contribution in [-0.2, 0) is 6.42 Å². The number of carbonyl (C=O) groups is 1. The number of halogens is 2. The zero-order valence-corrected chi connectivity index (χ0v) is 13.3. The minimum atomic E-state index is -1.20. The Bertz CT molecular complexity index is 1010. The van der Waals surface area contributed by atoms with Crippen LogP contribution in [-0.4, -0.2) is 21.0 Å². The molecule has 1 amide bonds. The minimum Gasteiger partial charge on any atom is -0.465 e. The number of nitrogens with zero attached hydrogens (tertiary/aromatic N) is 2. The molecular weight excluding hydrogens is 344 g/mol. The van der Waals surface area contributed by atoms with Gasteiger partial charge in [-0.1, -0.05) is 12.1 Å². The summed E-state index contributed by atoms with van der Waals surface area (Å²) >= 11 is 0. The molecule has 0 aliphatic rings. The van der Waals surface area contributed by atoms with Gasteiger partial charge in [0.2, 0.25) is 5.43 Å². The van der Waals surface area contributed by atoms with Crippen molar-refractivity contribution in [3.05, 3.63) is 87.8 Å². The zero-order valence-electron chi connectivity index (χ0n) is 13.3. The number of amides is 1. The zero-order chi connectivity index (χ0) is 18.7. The van der Waals surface area contributed by atoms with E-state index in [4.69, 9.17) is 5.11 Å². The molecule has 2 N–H and O–H groups in total. The molecule has 3 rings (SSSR count). The fraction of sp³-hybridized carbons (Fsp3) is 0.0556. The summed E-state index contributed by atoms with van der Waals surface area (Å²) < 4.78 is 28.0. The Morgan fingerprint density at radius 2 is 1.85 bits per heavy atom. The smallest absolute Gasteiger partial charge is 0.409 e. The molecular formula is C18H13F2N3O3. The third kappa shape index (κ3) is 4.10. The molecule has 0 saturated carbocycles. The average molecular weight is 357 g/mol. The van der Waals surface area contributed by atoms with Gasteiger partial charge in [-0.15, -0.1) is 0 Å². The lowest BCUT2D eigenvalue weighted by atomic mass is 10.1. The number of carboxylic acid groups (broad SMARTS) is 1. The maximum Gasteiger partial charge on any atom is 0.409 e. The molecule has 0 saturated heterocycles. The van der Waals surface area contributed by atoms with Gasteiger partial charge in [0.15, 0.2) is 0 Å². The Labute approximate surface area is 146 Å². The van der Waals surface area contributed by atoms with Crippen LogP contribution in [0.1, 0.15) is 11.3 Å². The fourth-order valence-electron chi connectivity index (χ4n) is 2.46. The van der Waals surface area contributed by atoms with Gasteiger partial charge in [-0.05, 0) is 29.8 Å². The highest BCUT2D eigenvalue weighted by molar-refractivity contribution is 5.82. The van der Waals surface area contributed by atoms with E-state index in [0.717, 1.165) is 18.2 Å². The summed E-state index contributed by atoms with van der Waals surface area (Å²) in [5.41, 5.74) is 0.979. The first kappa shape index (κ1) is 17.3. The summed E-state index contributed by atoms with van der Waals surface area (Å²) in [5, 5.41) is 15.1. The van der Waals surface area contributed by atoms with Crippen molar-refractivity contribution < 1.29 is 18.7 Å². The van der Waals surface area contributed by atoms with Crippen LogP contribution in [0.25, 0.3) is 5.69 Å². The molecule has 26 heavy (non-hydrogen) atoms. The molecule has 0 bridgehead atoms. The van der Waals surface area contributed by atoms with E-state index < -0.39 is 17.7 Å². The highest BCUT2D eigenvalue weighted by Gasteiger charge is 2.08. The third-order valence-electron chi connectivity index (χ3n) is 3.54. The Kier molecular flexibility index (Phi) is 4.74. The normalized spacial score (nSPS) is 10.5. The van der Waals surface area contributed by atoms with Crippen LogP contribution in [0.3, 0.4) is 0 Å². The number of aromatic nitrogens is 2. The highest BCUT2D eigenvalue weighted by atomic mass is 19.1. The van der Waals surface area contributed by atoms with Crippen LogP contribution in [0.2, 0.25) is 0 Å². The summed E-state index contributed by atoms with van der Waals surface area (Å²) in [6.07, 6.45) is 0.255. The molecule has 1 aromatic heterocycles. The largest absolute Gasteiger partial charge is 0.465 e. The van der Waals surface area contributed by atoms with Crippen LogP contribution in [0, 0.1) is 11.6 Å². The highest BCUT2D eigenvalue weighted by Crippen LogP contribution is 2.14. The maximum atomic E-state index is 13.4. The lowest BCUT2D eigenvalue weighted by Gasteiger charge is -2.09. The van der Waals surface area contributed by atoms with Gasteiger partial charge < -0.3 is 5.11 Å². The van der Waals surface area contributed by atoms with Crippen molar-refractivity contribution in [1.29, 1.82) is 0 Å². The first-order valence-corrected chi connectivity index (χ1v) is 7.55. The lowest BCUT2D eigenvalue weighted by Crippen LogP contribution is -2.16. The molecule has 0 fully saturated rings. The molecule has 0 radical (unpaired) electrons. The molecule has 1 heterocycles. The van der Waals surface area contributed by atoms with Crippen LogP contribution < -0.4 is 10.7 Å². The fourth-order valence-corrected chi connectivity index (χ4v) is 2.46. The molecule has 132 valence electrons. The number of anilines is 1. The summed E-state index contributed by atoms with van der Waals surface area (Å²) in [6.45, 7) is 0. The molecule has 3 aromatic rings. The second kappa shape index (κ2) is 7.14. The van der Waals surface area contributed by atoms with Gasteiger partial charge in [0.05, 0.1) is 5.69 Å². The van der Waals surface area contributed by atoms with E-state index in [9.17, 15) is 18.4 Å². The van der Waals surface area contributed by atoms with Gasteiger partial charge in [0.1, 0.15) is 17.3 Å². The van der Waals surface area contributed by atoms with E-state index >= 15 is 0 Å². The van der Waals surface area contributed by atoms with Crippen molar-refractivity contribution >= 4 is 11.8 Å². The van der Waals surface area contributed by atoms with Gasteiger partial charge >= 0.3 is 6.09 Å². The Morgan fingerprint density at radius 3 is 2.54 bits per heavy atom. The number of benzene rings is 2. The van der Waals surface area contributed by atoms with Crippen molar-refractivity contribution in [3.8, 4) is 5.69 Å². The second-order valence-corrected chi connectivity index (χ2v) is 5.51. The van der Waals surface area contributed by atoms with Gasteiger partial charge in [-0.25, -0.2) is 18.3 Å². The summed E-state index contributed by atoms with van der Waals surface area (Å²) in [7, 11) is 0. The van der Waals surface area contributed by atoms with E-state index in [1.165, 1.54) is 16.9 Å². The van der Waals surface area contributed by atoms with Crippen LogP contribution in [0.5, 0.6) is 0 Å². The molecule has 2 aromatic carbocycles. The maximum absolute atomic E-state index is 13.4. The number of rotatable bonds is 4. The number of nitrogens with one attached hydrogen (secondary N) is 1. The van der Waals surface area contributed by atoms with Crippen molar-refractivity contribution in [2.24, 2.45) is 0 Å². The van der Waals surface area contributed by atoms with Gasteiger partial charge in [0.25, 0.3) is 0 Å². The minimum absolute atomic E-state index is 0.132. The van der Waals surface area contributed by atoms with E-state index in [-0.39, 0.29) is 23.2 Å². The summed E-state index contributed by atoms with van der Waals surface area (Å²) in [5.74, 6) is -1.51. The van der Waals surface area contributed by atoms with Crippen molar-refractivity contribution in [3.63, 3.8) is 0 Å². The topological polar surface area (TPSA) is 84.2 Å². The number of hydrogen-bond donors (Lipinski definition) is 2. The quantitative estimate of drug-likeness (QED) is 0.751. The summed E-state index contributed by atoms with van der Waals surface area (Å²) in [6, 6.07) is 10.7. The first-order chi connectivity index (χ1) is 12.4. The predicted molar refractivity (Wildman–Crippen MR) is 90.6 cm³/mol. The van der Waals surface area contributed by atoms with Gasteiger partial charge in [0, 0.05) is 30.4 Å². The third-order valence-corrected chi connectivity index (χ3v) is 3.54. The van der Waals surface area contributed by atoms with Crippen molar-refractivity contribution in [1.82, 2.24) is 9.78 Å². The predicted octanol–water partition coefficient (Wildman–Crippen LogP) is 3.19. The van der Waals surface area contributed by atoms with E-state index in [0.29, 0.717) is 11.3 Å². The van der Waals surface area contributed by atoms with E-state index in [1.807, 2.05) is 0 Å². The molecule has 6 nitrogen and oxygen atoms in total. The van der Waals surface area contributed by atoms with E-state index in [2.05, 4.69) is 10.4 Å². The molecule has 0 aliphatic heterocycles. The second-order valence-electron chi connectivity index (χ2n) is 5.51. The first-order valence-electron chi connectivity index (χ1n) is 7.55. The standard InChI is InChI=1S/C18H13F2N3O3/c19-12-8-13(20)10-15(9-12)23-5-4-17(24)16(22-23)7-11-2-1-3-14(6-11)21-18(25)26/h1-6,8-10,21H,7H2,(H,25,26).